The minimum Gasteiger partial charge on any atom is -0.486 e. The number of hydrogen-bond acceptors (Lipinski definition) is 7. The summed E-state index contributed by atoms with van der Waals surface area (Å²) in [4.78, 5) is 21.4. The number of hydrogen-bond donors (Lipinski definition) is 0. The van der Waals surface area contributed by atoms with Gasteiger partial charge in [0.25, 0.3) is 5.91 Å². The molecule has 2 aromatic carbocycles. The van der Waals surface area contributed by atoms with Crippen LogP contribution in [0.2, 0.25) is 5.02 Å². The lowest BCUT2D eigenvalue weighted by molar-refractivity contribution is 0.0614. The van der Waals surface area contributed by atoms with E-state index >= 15 is 0 Å². The van der Waals surface area contributed by atoms with Crippen LogP contribution in [0.4, 0.5) is 0 Å². The minimum atomic E-state index is -0.000520. The van der Waals surface area contributed by atoms with Gasteiger partial charge in [0.05, 0.1) is 6.54 Å². The molecular formula is C22H21ClN4O4. The predicted octanol–water partition coefficient (Wildman–Crippen LogP) is 3.12. The van der Waals surface area contributed by atoms with Crippen molar-refractivity contribution in [3.63, 3.8) is 0 Å². The zero-order valence-corrected chi connectivity index (χ0v) is 17.5. The number of carbonyl (C=O) groups excluding carboxylic acids is 1. The highest BCUT2D eigenvalue weighted by Gasteiger charge is 2.25. The van der Waals surface area contributed by atoms with Gasteiger partial charge in [-0.3, -0.25) is 9.69 Å². The minimum absolute atomic E-state index is 0.000520. The quantitative estimate of drug-likeness (QED) is 0.616. The van der Waals surface area contributed by atoms with Crippen LogP contribution in [-0.4, -0.2) is 65.2 Å². The molecule has 0 bridgehead atoms. The van der Waals surface area contributed by atoms with E-state index in [-0.39, 0.29) is 5.91 Å². The molecule has 0 spiro atoms. The standard InChI is InChI=1S/C22H21ClN4O4/c23-17-4-1-15(2-5-17)21-24-20(31-25-21)14-26-7-9-27(10-8-26)22(28)16-3-6-18-19(13-16)30-12-11-29-18/h1-6,13H,7-12,14H2. The van der Waals surface area contributed by atoms with Crippen LogP contribution >= 0.6 is 11.6 Å². The van der Waals surface area contributed by atoms with Gasteiger partial charge in [0.15, 0.2) is 11.5 Å². The number of carbonyl (C=O) groups is 1. The Hall–Kier alpha value is -3.10. The molecule has 0 N–H and O–H groups in total. The first-order valence-corrected chi connectivity index (χ1v) is 10.5. The number of amides is 1. The highest BCUT2D eigenvalue weighted by molar-refractivity contribution is 6.30. The molecule has 1 saturated heterocycles. The van der Waals surface area contributed by atoms with Gasteiger partial charge in [-0.15, -0.1) is 0 Å². The van der Waals surface area contributed by atoms with E-state index in [1.807, 2.05) is 17.0 Å². The molecule has 2 aliphatic heterocycles. The van der Waals surface area contributed by atoms with Gasteiger partial charge in [-0.2, -0.15) is 4.98 Å². The molecule has 5 rings (SSSR count). The number of halogens is 1. The van der Waals surface area contributed by atoms with Crippen LogP contribution < -0.4 is 9.47 Å². The maximum atomic E-state index is 12.9. The van der Waals surface area contributed by atoms with Gasteiger partial charge in [0, 0.05) is 42.3 Å². The topological polar surface area (TPSA) is 80.9 Å². The highest BCUT2D eigenvalue weighted by Crippen LogP contribution is 2.31. The zero-order valence-electron chi connectivity index (χ0n) is 16.8. The summed E-state index contributed by atoms with van der Waals surface area (Å²) in [7, 11) is 0. The summed E-state index contributed by atoms with van der Waals surface area (Å²) in [6.45, 7) is 4.30. The lowest BCUT2D eigenvalue weighted by Crippen LogP contribution is -2.48. The number of rotatable bonds is 4. The molecule has 160 valence electrons. The number of ether oxygens (including phenoxy) is 2. The summed E-state index contributed by atoms with van der Waals surface area (Å²) in [5.74, 6) is 2.41. The summed E-state index contributed by atoms with van der Waals surface area (Å²) >= 11 is 5.93. The Morgan fingerprint density at radius 3 is 2.48 bits per heavy atom. The molecule has 3 aromatic rings. The van der Waals surface area contributed by atoms with Gasteiger partial charge in [0.2, 0.25) is 11.7 Å². The van der Waals surface area contributed by atoms with Crippen molar-refractivity contribution in [2.24, 2.45) is 0 Å². The smallest absolute Gasteiger partial charge is 0.254 e. The van der Waals surface area contributed by atoms with E-state index in [9.17, 15) is 4.79 Å². The first-order chi connectivity index (χ1) is 15.2. The molecule has 9 heteroatoms. The van der Waals surface area contributed by atoms with E-state index in [1.165, 1.54) is 0 Å². The fourth-order valence-electron chi connectivity index (χ4n) is 3.69. The summed E-state index contributed by atoms with van der Waals surface area (Å²) in [6.07, 6.45) is 0. The number of benzene rings is 2. The van der Waals surface area contributed by atoms with Crippen molar-refractivity contribution in [3.8, 4) is 22.9 Å². The normalized spacial score (nSPS) is 16.4. The number of piperazine rings is 1. The Kier molecular flexibility index (Phi) is 5.48. The van der Waals surface area contributed by atoms with Crippen molar-refractivity contribution in [2.75, 3.05) is 39.4 Å². The molecule has 0 unspecified atom stereocenters. The maximum Gasteiger partial charge on any atom is 0.254 e. The monoisotopic (exact) mass is 440 g/mol. The average molecular weight is 441 g/mol. The Balaban J connectivity index is 1.17. The molecule has 31 heavy (non-hydrogen) atoms. The first-order valence-electron chi connectivity index (χ1n) is 10.2. The maximum absolute atomic E-state index is 12.9. The second-order valence-corrected chi connectivity index (χ2v) is 7.88. The molecule has 1 fully saturated rings. The van der Waals surface area contributed by atoms with E-state index in [0.717, 1.165) is 18.7 Å². The fraction of sp³-hybridized carbons (Fsp3) is 0.318. The molecule has 8 nitrogen and oxygen atoms in total. The molecule has 1 aromatic heterocycles. The highest BCUT2D eigenvalue weighted by atomic mass is 35.5. The summed E-state index contributed by atoms with van der Waals surface area (Å²) in [6, 6.07) is 12.7. The van der Waals surface area contributed by atoms with Crippen LogP contribution in [0, 0.1) is 0 Å². The Morgan fingerprint density at radius 1 is 0.968 bits per heavy atom. The van der Waals surface area contributed by atoms with Crippen molar-refractivity contribution in [2.45, 2.75) is 6.54 Å². The third kappa shape index (κ3) is 4.35. The van der Waals surface area contributed by atoms with Crippen LogP contribution in [0.15, 0.2) is 47.0 Å². The molecule has 0 radical (unpaired) electrons. The number of fused-ring (bicyclic) bond motifs is 1. The van der Waals surface area contributed by atoms with Crippen LogP contribution in [0.25, 0.3) is 11.4 Å². The molecule has 1 amide bonds. The Bertz CT molecular complexity index is 1080. The summed E-state index contributed by atoms with van der Waals surface area (Å²) in [5, 5.41) is 4.72. The second-order valence-electron chi connectivity index (χ2n) is 7.45. The molecule has 0 atom stereocenters. The predicted molar refractivity (Wildman–Crippen MR) is 113 cm³/mol. The lowest BCUT2D eigenvalue weighted by Gasteiger charge is -2.34. The molecule has 0 saturated carbocycles. The average Bonchev–Trinajstić information content (AvgIpc) is 3.27. The van der Waals surface area contributed by atoms with Gasteiger partial charge in [-0.05, 0) is 42.5 Å². The van der Waals surface area contributed by atoms with Crippen molar-refractivity contribution in [1.29, 1.82) is 0 Å². The molecular weight excluding hydrogens is 420 g/mol. The van der Waals surface area contributed by atoms with Gasteiger partial charge in [-0.1, -0.05) is 16.8 Å². The first kappa shape index (κ1) is 19.8. The van der Waals surface area contributed by atoms with Gasteiger partial charge >= 0.3 is 0 Å². The fourth-order valence-corrected chi connectivity index (χ4v) is 3.82. The molecule has 2 aliphatic rings. The third-order valence-corrected chi connectivity index (χ3v) is 5.63. The largest absolute Gasteiger partial charge is 0.486 e. The summed E-state index contributed by atoms with van der Waals surface area (Å²) < 4.78 is 16.5. The Labute approximate surface area is 184 Å². The Morgan fingerprint density at radius 2 is 1.71 bits per heavy atom. The zero-order chi connectivity index (χ0) is 21.2. The van der Waals surface area contributed by atoms with Crippen LogP contribution in [-0.2, 0) is 6.54 Å². The number of nitrogens with zero attached hydrogens (tertiary/aromatic N) is 4. The van der Waals surface area contributed by atoms with E-state index in [2.05, 4.69) is 15.0 Å². The van der Waals surface area contributed by atoms with Crippen LogP contribution in [0.5, 0.6) is 11.5 Å². The molecule has 0 aliphatic carbocycles. The molecule has 3 heterocycles. The van der Waals surface area contributed by atoms with Crippen molar-refractivity contribution >= 4 is 17.5 Å². The third-order valence-electron chi connectivity index (χ3n) is 5.38. The van der Waals surface area contributed by atoms with Gasteiger partial charge in [-0.25, -0.2) is 0 Å². The van der Waals surface area contributed by atoms with E-state index in [0.29, 0.717) is 66.6 Å². The lowest BCUT2D eigenvalue weighted by atomic mass is 10.1. The van der Waals surface area contributed by atoms with E-state index in [4.69, 9.17) is 25.6 Å². The van der Waals surface area contributed by atoms with Crippen molar-refractivity contribution < 1.29 is 18.8 Å². The van der Waals surface area contributed by atoms with E-state index in [1.54, 1.807) is 30.3 Å². The van der Waals surface area contributed by atoms with Crippen LogP contribution in [0.1, 0.15) is 16.2 Å². The van der Waals surface area contributed by atoms with Gasteiger partial charge < -0.3 is 18.9 Å². The van der Waals surface area contributed by atoms with Gasteiger partial charge in [0.1, 0.15) is 13.2 Å². The van der Waals surface area contributed by atoms with Crippen molar-refractivity contribution in [3.05, 3.63) is 58.9 Å². The van der Waals surface area contributed by atoms with Crippen molar-refractivity contribution in [1.82, 2.24) is 19.9 Å². The second kappa shape index (κ2) is 8.56. The van der Waals surface area contributed by atoms with E-state index < -0.39 is 0 Å². The SMILES string of the molecule is O=C(c1ccc2c(c1)OCCO2)N1CCN(Cc2nc(-c3ccc(Cl)cc3)no2)CC1. The van der Waals surface area contributed by atoms with Crippen LogP contribution in [0.3, 0.4) is 0 Å². The summed E-state index contributed by atoms with van der Waals surface area (Å²) in [5.41, 5.74) is 1.47. The number of aromatic nitrogens is 2.